The highest BCUT2D eigenvalue weighted by Crippen LogP contribution is 2.40. The van der Waals surface area contributed by atoms with Crippen LogP contribution in [0.3, 0.4) is 0 Å². The van der Waals surface area contributed by atoms with Gasteiger partial charge in [-0.05, 0) is 35.9 Å². The quantitative estimate of drug-likeness (QED) is 0.691. The number of anilines is 1. The molecule has 0 fully saturated rings. The number of amides is 1. The van der Waals surface area contributed by atoms with E-state index in [1.54, 1.807) is 25.3 Å². The third-order valence-corrected chi connectivity index (χ3v) is 3.93. The second-order valence-corrected chi connectivity index (χ2v) is 5.37. The standard InChI is InChI=1S/C18H17NO5/c1-22-13-6-3-11(4-7-13)14-10-17(20)24-16-8-5-12(9-15(14)16)19-18(21)23-2/h3-9,14H,10H2,1-2H3,(H,19,21). The largest absolute Gasteiger partial charge is 0.497 e. The summed E-state index contributed by atoms with van der Waals surface area (Å²) in [5.41, 5.74) is 2.40. The molecule has 124 valence electrons. The summed E-state index contributed by atoms with van der Waals surface area (Å²) in [7, 11) is 2.91. The minimum atomic E-state index is -0.552. The number of nitrogens with one attached hydrogen (secondary N) is 1. The molecule has 0 aliphatic carbocycles. The third kappa shape index (κ3) is 3.17. The van der Waals surface area contributed by atoms with E-state index in [0.29, 0.717) is 11.4 Å². The Morgan fingerprint density at radius 1 is 1.17 bits per heavy atom. The van der Waals surface area contributed by atoms with Gasteiger partial charge in [-0.3, -0.25) is 10.1 Å². The molecule has 0 bridgehead atoms. The van der Waals surface area contributed by atoms with Crippen LogP contribution in [0.5, 0.6) is 11.5 Å². The van der Waals surface area contributed by atoms with Gasteiger partial charge in [0.05, 0.1) is 20.6 Å². The Hall–Kier alpha value is -3.02. The fraction of sp³-hybridized carbons (Fsp3) is 0.222. The number of fused-ring (bicyclic) bond motifs is 1. The van der Waals surface area contributed by atoms with Crippen LogP contribution in [0.15, 0.2) is 42.5 Å². The maximum Gasteiger partial charge on any atom is 0.411 e. The van der Waals surface area contributed by atoms with Crippen molar-refractivity contribution < 1.29 is 23.8 Å². The van der Waals surface area contributed by atoms with E-state index in [9.17, 15) is 9.59 Å². The molecule has 1 N–H and O–H groups in total. The average molecular weight is 327 g/mol. The van der Waals surface area contributed by atoms with Gasteiger partial charge in [-0.1, -0.05) is 12.1 Å². The van der Waals surface area contributed by atoms with Crippen LogP contribution >= 0.6 is 0 Å². The minimum absolute atomic E-state index is 0.147. The van der Waals surface area contributed by atoms with E-state index in [-0.39, 0.29) is 18.3 Å². The van der Waals surface area contributed by atoms with Crippen molar-refractivity contribution in [2.45, 2.75) is 12.3 Å². The zero-order valence-electron chi connectivity index (χ0n) is 13.4. The van der Waals surface area contributed by atoms with Crippen molar-refractivity contribution in [3.63, 3.8) is 0 Å². The molecule has 0 saturated heterocycles. The predicted octanol–water partition coefficient (Wildman–Crippen LogP) is 3.31. The molecule has 0 radical (unpaired) electrons. The zero-order chi connectivity index (χ0) is 17.1. The highest BCUT2D eigenvalue weighted by atomic mass is 16.5. The summed E-state index contributed by atoms with van der Waals surface area (Å²) in [6.07, 6.45) is -0.315. The first kappa shape index (κ1) is 15.9. The van der Waals surface area contributed by atoms with Gasteiger partial charge in [-0.2, -0.15) is 0 Å². The van der Waals surface area contributed by atoms with Crippen molar-refractivity contribution >= 4 is 17.7 Å². The van der Waals surface area contributed by atoms with Gasteiger partial charge in [0.1, 0.15) is 11.5 Å². The normalized spacial score (nSPS) is 15.9. The van der Waals surface area contributed by atoms with Crippen molar-refractivity contribution in [1.82, 2.24) is 0 Å². The van der Waals surface area contributed by atoms with Crippen LogP contribution in [0.1, 0.15) is 23.5 Å². The lowest BCUT2D eigenvalue weighted by molar-refractivity contribution is -0.135. The van der Waals surface area contributed by atoms with Crippen LogP contribution in [0.2, 0.25) is 0 Å². The second kappa shape index (κ2) is 6.62. The lowest BCUT2D eigenvalue weighted by atomic mass is 9.86. The summed E-state index contributed by atoms with van der Waals surface area (Å²) < 4.78 is 15.1. The lowest BCUT2D eigenvalue weighted by Crippen LogP contribution is -2.21. The van der Waals surface area contributed by atoms with Gasteiger partial charge in [0, 0.05) is 17.2 Å². The molecule has 1 atom stereocenters. The van der Waals surface area contributed by atoms with E-state index in [4.69, 9.17) is 9.47 Å². The van der Waals surface area contributed by atoms with Gasteiger partial charge in [-0.15, -0.1) is 0 Å². The molecule has 1 heterocycles. The molecule has 0 spiro atoms. The van der Waals surface area contributed by atoms with Crippen LogP contribution in [0.4, 0.5) is 10.5 Å². The topological polar surface area (TPSA) is 73.9 Å². The molecule has 0 saturated carbocycles. The zero-order valence-corrected chi connectivity index (χ0v) is 13.4. The summed E-state index contributed by atoms with van der Waals surface area (Å²) in [6.45, 7) is 0. The van der Waals surface area contributed by atoms with Crippen molar-refractivity contribution in [1.29, 1.82) is 0 Å². The molecule has 24 heavy (non-hydrogen) atoms. The first-order chi connectivity index (χ1) is 11.6. The van der Waals surface area contributed by atoms with Crippen molar-refractivity contribution in [3.05, 3.63) is 53.6 Å². The third-order valence-electron chi connectivity index (χ3n) is 3.93. The Balaban J connectivity index is 1.98. The van der Waals surface area contributed by atoms with Crippen LogP contribution in [-0.2, 0) is 9.53 Å². The smallest absolute Gasteiger partial charge is 0.411 e. The average Bonchev–Trinajstić information content (AvgIpc) is 2.61. The van der Waals surface area contributed by atoms with Gasteiger partial charge < -0.3 is 14.2 Å². The molecule has 6 nitrogen and oxygen atoms in total. The Kier molecular flexibility index (Phi) is 4.37. The van der Waals surface area contributed by atoms with E-state index in [1.807, 2.05) is 24.3 Å². The van der Waals surface area contributed by atoms with E-state index >= 15 is 0 Å². The van der Waals surface area contributed by atoms with Gasteiger partial charge in [-0.25, -0.2) is 4.79 Å². The Bertz CT molecular complexity index is 769. The highest BCUT2D eigenvalue weighted by Gasteiger charge is 2.28. The van der Waals surface area contributed by atoms with Gasteiger partial charge in [0.25, 0.3) is 0 Å². The Morgan fingerprint density at radius 2 is 1.92 bits per heavy atom. The van der Waals surface area contributed by atoms with E-state index in [0.717, 1.165) is 16.9 Å². The highest BCUT2D eigenvalue weighted by molar-refractivity contribution is 5.85. The molecule has 1 aliphatic heterocycles. The van der Waals surface area contributed by atoms with Gasteiger partial charge >= 0.3 is 12.1 Å². The summed E-state index contributed by atoms with van der Waals surface area (Å²) in [4.78, 5) is 23.3. The van der Waals surface area contributed by atoms with Crippen LogP contribution < -0.4 is 14.8 Å². The fourth-order valence-corrected chi connectivity index (χ4v) is 2.73. The van der Waals surface area contributed by atoms with Crippen LogP contribution in [0, 0.1) is 0 Å². The minimum Gasteiger partial charge on any atom is -0.497 e. The molecular formula is C18H17NO5. The first-order valence-corrected chi connectivity index (χ1v) is 7.44. The second-order valence-electron chi connectivity index (χ2n) is 5.37. The fourth-order valence-electron chi connectivity index (χ4n) is 2.73. The molecule has 2 aromatic carbocycles. The number of methoxy groups -OCH3 is 2. The number of carbonyl (C=O) groups excluding carboxylic acids is 2. The molecule has 3 rings (SSSR count). The van der Waals surface area contributed by atoms with E-state index < -0.39 is 6.09 Å². The molecular weight excluding hydrogens is 310 g/mol. The Labute approximate surface area is 139 Å². The van der Waals surface area contributed by atoms with Crippen LogP contribution in [0.25, 0.3) is 0 Å². The summed E-state index contributed by atoms with van der Waals surface area (Å²) in [5, 5.41) is 2.62. The summed E-state index contributed by atoms with van der Waals surface area (Å²) in [5.74, 6) is 0.824. The van der Waals surface area contributed by atoms with Crippen molar-refractivity contribution in [2.24, 2.45) is 0 Å². The molecule has 1 unspecified atom stereocenters. The van der Waals surface area contributed by atoms with Crippen molar-refractivity contribution in [3.8, 4) is 11.5 Å². The van der Waals surface area contributed by atoms with E-state index in [2.05, 4.69) is 10.1 Å². The maximum absolute atomic E-state index is 11.9. The van der Waals surface area contributed by atoms with Gasteiger partial charge in [0.15, 0.2) is 0 Å². The van der Waals surface area contributed by atoms with Gasteiger partial charge in [0.2, 0.25) is 0 Å². The Morgan fingerprint density at radius 3 is 2.58 bits per heavy atom. The number of ether oxygens (including phenoxy) is 3. The maximum atomic E-state index is 11.9. The number of rotatable bonds is 3. The molecule has 1 aliphatic rings. The number of hydrogen-bond donors (Lipinski definition) is 1. The number of hydrogen-bond acceptors (Lipinski definition) is 5. The molecule has 1 amide bonds. The number of carbonyl (C=O) groups is 2. The first-order valence-electron chi connectivity index (χ1n) is 7.44. The summed E-state index contributed by atoms with van der Waals surface area (Å²) >= 11 is 0. The summed E-state index contributed by atoms with van der Waals surface area (Å²) in [6, 6.07) is 12.7. The SMILES string of the molecule is COC(=O)Nc1ccc2c(c1)C(c1ccc(OC)cc1)CC(=O)O2. The molecule has 0 aromatic heterocycles. The lowest BCUT2D eigenvalue weighted by Gasteiger charge is -2.25. The molecule has 6 heteroatoms. The number of benzene rings is 2. The van der Waals surface area contributed by atoms with E-state index in [1.165, 1.54) is 7.11 Å². The predicted molar refractivity (Wildman–Crippen MR) is 87.6 cm³/mol. The van der Waals surface area contributed by atoms with Crippen molar-refractivity contribution in [2.75, 3.05) is 19.5 Å². The number of esters is 1. The molecule has 2 aromatic rings. The van der Waals surface area contributed by atoms with Crippen LogP contribution in [-0.4, -0.2) is 26.3 Å². The monoisotopic (exact) mass is 327 g/mol.